The quantitative estimate of drug-likeness (QED) is 0.770. The first-order valence-corrected chi connectivity index (χ1v) is 6.80. The highest BCUT2D eigenvalue weighted by molar-refractivity contribution is 6.03. The van der Waals surface area contributed by atoms with E-state index < -0.39 is 17.8 Å². The minimum absolute atomic E-state index is 0.152. The molecule has 1 N–H and O–H groups in total. The van der Waals surface area contributed by atoms with E-state index in [2.05, 4.69) is 5.32 Å². The van der Waals surface area contributed by atoms with Gasteiger partial charge in [-0.05, 0) is 32.0 Å². The number of anilines is 1. The van der Waals surface area contributed by atoms with Gasteiger partial charge in [0.25, 0.3) is 0 Å². The van der Waals surface area contributed by atoms with Crippen LogP contribution in [-0.4, -0.2) is 44.8 Å². The van der Waals surface area contributed by atoms with Gasteiger partial charge >= 0.3 is 11.9 Å². The molecule has 7 nitrogen and oxygen atoms in total. The molecule has 0 aromatic heterocycles. The van der Waals surface area contributed by atoms with E-state index in [1.807, 2.05) is 0 Å². The molecule has 0 unspecified atom stereocenters. The van der Waals surface area contributed by atoms with Gasteiger partial charge in [0.15, 0.2) is 0 Å². The molecule has 0 heterocycles. The lowest BCUT2D eigenvalue weighted by molar-refractivity contribution is -0.119. The van der Waals surface area contributed by atoms with Crippen molar-refractivity contribution in [2.75, 3.05) is 32.2 Å². The van der Waals surface area contributed by atoms with E-state index in [0.717, 1.165) is 0 Å². The number of rotatable bonds is 7. The van der Waals surface area contributed by atoms with Crippen molar-refractivity contribution in [3.63, 3.8) is 0 Å². The Morgan fingerprint density at radius 1 is 1.05 bits per heavy atom. The maximum Gasteiger partial charge on any atom is 0.340 e. The van der Waals surface area contributed by atoms with Gasteiger partial charge in [0.2, 0.25) is 5.91 Å². The van der Waals surface area contributed by atoms with Gasteiger partial charge in [-0.15, -0.1) is 0 Å². The summed E-state index contributed by atoms with van der Waals surface area (Å²) in [6.07, 6.45) is 0. The van der Waals surface area contributed by atoms with E-state index in [-0.39, 0.29) is 36.6 Å². The van der Waals surface area contributed by atoms with Crippen molar-refractivity contribution in [3.05, 3.63) is 29.3 Å². The first-order chi connectivity index (χ1) is 10.5. The summed E-state index contributed by atoms with van der Waals surface area (Å²) >= 11 is 0. The summed E-state index contributed by atoms with van der Waals surface area (Å²) < 4.78 is 14.5. The number of methoxy groups -OCH3 is 1. The topological polar surface area (TPSA) is 90.9 Å². The minimum Gasteiger partial charge on any atom is -0.462 e. The summed E-state index contributed by atoms with van der Waals surface area (Å²) in [5.41, 5.74) is 0.549. The highest BCUT2D eigenvalue weighted by Crippen LogP contribution is 2.20. The van der Waals surface area contributed by atoms with Crippen molar-refractivity contribution < 1.29 is 28.6 Å². The lowest BCUT2D eigenvalue weighted by atomic mass is 10.1. The molecule has 1 rings (SSSR count). The maximum absolute atomic E-state index is 11.9. The average Bonchev–Trinajstić information content (AvgIpc) is 2.47. The molecule has 0 aliphatic heterocycles. The third kappa shape index (κ3) is 4.85. The second-order valence-corrected chi connectivity index (χ2v) is 4.18. The van der Waals surface area contributed by atoms with Crippen LogP contribution in [0.1, 0.15) is 34.6 Å². The molecule has 0 atom stereocenters. The van der Waals surface area contributed by atoms with Crippen LogP contribution in [0.25, 0.3) is 0 Å². The Morgan fingerprint density at radius 2 is 1.68 bits per heavy atom. The summed E-state index contributed by atoms with van der Waals surface area (Å²) in [5, 5.41) is 2.52. The Bertz CT molecular complexity index is 555. The van der Waals surface area contributed by atoms with Crippen LogP contribution in [0.2, 0.25) is 0 Å². The Kier molecular flexibility index (Phi) is 7.04. The maximum atomic E-state index is 11.9. The molecule has 1 aromatic carbocycles. The predicted molar refractivity (Wildman–Crippen MR) is 78.9 cm³/mol. The molecule has 0 saturated heterocycles. The zero-order chi connectivity index (χ0) is 16.5. The largest absolute Gasteiger partial charge is 0.462 e. The molecule has 0 aliphatic rings. The minimum atomic E-state index is -0.592. The van der Waals surface area contributed by atoms with Gasteiger partial charge in [0.1, 0.15) is 6.61 Å². The van der Waals surface area contributed by atoms with Crippen molar-refractivity contribution in [2.45, 2.75) is 13.8 Å². The summed E-state index contributed by atoms with van der Waals surface area (Å²) in [7, 11) is 1.38. The van der Waals surface area contributed by atoms with Gasteiger partial charge in [0.05, 0.1) is 30.0 Å². The number of benzene rings is 1. The number of amides is 1. The summed E-state index contributed by atoms with van der Waals surface area (Å²) in [6, 6.07) is 4.22. The number of carbonyl (C=O) groups excluding carboxylic acids is 3. The van der Waals surface area contributed by atoms with Crippen molar-refractivity contribution in [2.24, 2.45) is 0 Å². The summed E-state index contributed by atoms with van der Waals surface area (Å²) in [5.74, 6) is -1.58. The molecule has 0 bridgehead atoms. The number of esters is 2. The highest BCUT2D eigenvalue weighted by Gasteiger charge is 2.17. The molecule has 1 amide bonds. The molecule has 7 heteroatoms. The Balaban J connectivity index is 3.12. The van der Waals surface area contributed by atoms with Crippen LogP contribution in [0, 0.1) is 0 Å². The number of carbonyl (C=O) groups is 3. The molecular weight excluding hydrogens is 290 g/mol. The monoisotopic (exact) mass is 309 g/mol. The molecule has 0 spiro atoms. The summed E-state index contributed by atoms with van der Waals surface area (Å²) in [6.45, 7) is 3.61. The zero-order valence-corrected chi connectivity index (χ0v) is 12.8. The number of hydrogen-bond acceptors (Lipinski definition) is 6. The van der Waals surface area contributed by atoms with E-state index in [1.54, 1.807) is 13.8 Å². The van der Waals surface area contributed by atoms with Crippen LogP contribution in [-0.2, 0) is 19.0 Å². The third-order valence-corrected chi connectivity index (χ3v) is 2.58. The van der Waals surface area contributed by atoms with Crippen molar-refractivity contribution in [3.8, 4) is 0 Å². The SMILES string of the molecule is CCOC(=O)c1ccc(C(=O)OCC)c(NC(=O)COC)c1. The molecule has 0 saturated carbocycles. The fourth-order valence-electron chi connectivity index (χ4n) is 1.69. The van der Waals surface area contributed by atoms with E-state index in [4.69, 9.17) is 14.2 Å². The molecule has 0 fully saturated rings. The normalized spacial score (nSPS) is 9.95. The molecular formula is C15H19NO6. The fraction of sp³-hybridized carbons (Fsp3) is 0.400. The smallest absolute Gasteiger partial charge is 0.340 e. The van der Waals surface area contributed by atoms with Crippen LogP contribution in [0.3, 0.4) is 0 Å². The fourth-order valence-corrected chi connectivity index (χ4v) is 1.69. The molecule has 0 aliphatic carbocycles. The number of ether oxygens (including phenoxy) is 3. The predicted octanol–water partition coefficient (Wildman–Crippen LogP) is 1.62. The van der Waals surface area contributed by atoms with Crippen LogP contribution in [0.15, 0.2) is 18.2 Å². The van der Waals surface area contributed by atoms with E-state index in [0.29, 0.717) is 0 Å². The molecule has 1 aromatic rings. The van der Waals surface area contributed by atoms with Gasteiger partial charge in [0, 0.05) is 7.11 Å². The number of nitrogens with one attached hydrogen (secondary N) is 1. The Morgan fingerprint density at radius 3 is 2.27 bits per heavy atom. The molecule has 22 heavy (non-hydrogen) atoms. The van der Waals surface area contributed by atoms with E-state index in [9.17, 15) is 14.4 Å². The average molecular weight is 309 g/mol. The van der Waals surface area contributed by atoms with Crippen LogP contribution < -0.4 is 5.32 Å². The Labute approximate surface area is 128 Å². The van der Waals surface area contributed by atoms with E-state index >= 15 is 0 Å². The van der Waals surface area contributed by atoms with E-state index in [1.165, 1.54) is 25.3 Å². The molecule has 0 radical (unpaired) electrons. The van der Waals surface area contributed by atoms with Crippen LogP contribution in [0.5, 0.6) is 0 Å². The standard InChI is InChI=1S/C15H19NO6/c1-4-21-14(18)10-6-7-11(15(19)22-5-2)12(8-10)16-13(17)9-20-3/h6-8H,4-5,9H2,1-3H3,(H,16,17). The molecule has 120 valence electrons. The van der Waals surface area contributed by atoms with Gasteiger partial charge in [-0.3, -0.25) is 4.79 Å². The van der Waals surface area contributed by atoms with Gasteiger partial charge in [-0.2, -0.15) is 0 Å². The van der Waals surface area contributed by atoms with Gasteiger partial charge in [-0.25, -0.2) is 9.59 Å². The highest BCUT2D eigenvalue weighted by atomic mass is 16.5. The third-order valence-electron chi connectivity index (χ3n) is 2.58. The second kappa shape index (κ2) is 8.78. The second-order valence-electron chi connectivity index (χ2n) is 4.18. The zero-order valence-electron chi connectivity index (χ0n) is 12.8. The number of hydrogen-bond donors (Lipinski definition) is 1. The summed E-state index contributed by atoms with van der Waals surface area (Å²) in [4.78, 5) is 35.3. The first kappa shape index (κ1) is 17.6. The van der Waals surface area contributed by atoms with Gasteiger partial charge < -0.3 is 19.5 Å². The van der Waals surface area contributed by atoms with Crippen molar-refractivity contribution in [1.29, 1.82) is 0 Å². The Hall–Kier alpha value is -2.41. The lowest BCUT2D eigenvalue weighted by Gasteiger charge is -2.12. The lowest BCUT2D eigenvalue weighted by Crippen LogP contribution is -2.20. The van der Waals surface area contributed by atoms with Gasteiger partial charge in [-0.1, -0.05) is 0 Å². The van der Waals surface area contributed by atoms with Crippen molar-refractivity contribution in [1.82, 2.24) is 0 Å². The first-order valence-electron chi connectivity index (χ1n) is 6.80. The van der Waals surface area contributed by atoms with Crippen molar-refractivity contribution >= 4 is 23.5 Å². The van der Waals surface area contributed by atoms with Crippen LogP contribution >= 0.6 is 0 Å². The van der Waals surface area contributed by atoms with Crippen LogP contribution in [0.4, 0.5) is 5.69 Å².